The molecule has 20 nitrogen and oxygen atoms in total. The predicted octanol–water partition coefficient (Wildman–Crippen LogP) is 12.0. The molecule has 9 atom stereocenters. The van der Waals surface area contributed by atoms with Crippen molar-refractivity contribution in [2.45, 2.75) is 112 Å². The molecule has 3 aliphatic rings. The maximum atomic E-state index is 13.5. The van der Waals surface area contributed by atoms with E-state index in [1.807, 2.05) is 205 Å². The summed E-state index contributed by atoms with van der Waals surface area (Å²) in [5.41, 5.74) is 20.9. The van der Waals surface area contributed by atoms with Crippen molar-refractivity contribution in [3.8, 4) is 0 Å². The first-order valence-corrected chi connectivity index (χ1v) is 34.8. The van der Waals surface area contributed by atoms with Gasteiger partial charge in [-0.25, -0.2) is 9.98 Å². The Bertz CT molecular complexity index is 3920. The van der Waals surface area contributed by atoms with Crippen LogP contribution in [-0.4, -0.2) is 115 Å². The maximum Gasteiger partial charge on any atom is 0.307 e. The van der Waals surface area contributed by atoms with Crippen LogP contribution in [0.5, 0.6) is 0 Å². The number of allylic oxidation sites excluding steroid dienone is 3. The molecule has 6 aromatic carbocycles. The number of nitrogens with zero attached hydrogens (tertiary/aromatic N) is 6. The van der Waals surface area contributed by atoms with E-state index < -0.39 is 71.8 Å². The molecular formula is C83H100N10O10. The Hall–Kier alpha value is -10.9. The Balaban J connectivity index is 0.000000226. The van der Waals surface area contributed by atoms with E-state index in [0.29, 0.717) is 49.2 Å². The number of fused-ring (bicyclic) bond motifs is 3. The SMILES string of the molecule is C=CC[C@H](C(C)=O)[C@@H](CC(C)C)C(=O)NC1N=C(c2ccccc2)c2ccccc2N(C)C1=O.C=CC[C@H](C(C)=O)[C@@H](CC(C)C)C(=O)O.C=CC[C@H](C(N)=O)[C@@H](CC(C)C)C(=O)NC1N=C(c2ccccc2)c2ccccc2N(C)C1=O.CN1C(=O)C(N)N=C(c2ccccc2)c2ccccc21. The molecule has 0 saturated heterocycles. The number of carbonyl (C=O) groups excluding carboxylic acids is 8. The molecule has 0 saturated carbocycles. The van der Waals surface area contributed by atoms with E-state index in [2.05, 4.69) is 35.4 Å². The van der Waals surface area contributed by atoms with Crippen LogP contribution in [0.15, 0.2) is 217 Å². The van der Waals surface area contributed by atoms with Crippen LogP contribution in [0.1, 0.15) is 127 Å². The fourth-order valence-corrected chi connectivity index (χ4v) is 12.9. The second kappa shape index (κ2) is 38.8. The van der Waals surface area contributed by atoms with Gasteiger partial charge in [0.15, 0.2) is 6.17 Å². The van der Waals surface area contributed by atoms with Crippen molar-refractivity contribution in [3.63, 3.8) is 0 Å². The number of amides is 6. The number of benzodiazepines with no additional fused rings is 3. The largest absolute Gasteiger partial charge is 0.481 e. The minimum atomic E-state index is -1.15. The standard InChI is InChI=1S/C28H33N3O3.C27H32N4O3.C16H15N3O.C12H20O3/c1-6-12-21(19(4)32)23(17-18(2)3)27(33)30-26-28(34)31(5)24-16-11-10-15-22(24)25(29-26)20-13-8-7-9-14-20;1-5-11-19(24(28)32)21(16-17(2)3)26(33)30-25-27(34)31(4)22-15-10-9-14-20(22)23(29-25)18-12-7-6-8-13-18;1-19-13-10-6-5-9-12(13)14(18-15(17)16(19)20)11-7-3-2-4-8-11;1-5-6-10(9(4)13)11(12(14)15)7-8(2)3/h6-11,13-16,18,21,23,26H,1,12,17H2,2-5H3,(H,30,33);5-10,12-15,17,19,21,25H,1,11,16H2,2-4H3,(H2,28,32)(H,30,33);2-10,15H,17H2,1H3;5,8,10-11H,1,6-7H2,2-4H3,(H,14,15)/t21-,23-,26?;19-,21+,25?;;10-,11-/m10.1/s1. The summed E-state index contributed by atoms with van der Waals surface area (Å²) in [6.07, 6.45) is 4.37. The summed E-state index contributed by atoms with van der Waals surface area (Å²) < 4.78 is 0. The molecule has 3 aliphatic heterocycles. The summed E-state index contributed by atoms with van der Waals surface area (Å²) in [7, 11) is 5.08. The first-order chi connectivity index (χ1) is 49.1. The molecule has 0 aromatic heterocycles. The highest BCUT2D eigenvalue weighted by atomic mass is 16.4. The Morgan fingerprint density at radius 3 is 1.03 bits per heavy atom. The van der Waals surface area contributed by atoms with Gasteiger partial charge in [0.05, 0.1) is 52.0 Å². The van der Waals surface area contributed by atoms with E-state index in [4.69, 9.17) is 26.6 Å². The first-order valence-electron chi connectivity index (χ1n) is 34.8. The number of anilines is 3. The number of hydrogen-bond donors (Lipinski definition) is 5. The van der Waals surface area contributed by atoms with Crippen LogP contribution in [0.25, 0.3) is 0 Å². The molecular weight excluding hydrogens is 1300 g/mol. The molecule has 0 spiro atoms. The third kappa shape index (κ3) is 21.6. The van der Waals surface area contributed by atoms with E-state index in [1.165, 1.54) is 23.6 Å². The molecule has 0 fully saturated rings. The zero-order valence-electron chi connectivity index (χ0n) is 61.1. The summed E-state index contributed by atoms with van der Waals surface area (Å²) in [5, 5.41) is 14.8. The fourth-order valence-electron chi connectivity index (χ4n) is 12.9. The van der Waals surface area contributed by atoms with E-state index in [-0.39, 0.29) is 59.4 Å². The van der Waals surface area contributed by atoms with E-state index in [0.717, 1.165) is 50.5 Å². The van der Waals surface area contributed by atoms with Crippen molar-refractivity contribution in [2.75, 3.05) is 35.8 Å². The third-order valence-electron chi connectivity index (χ3n) is 18.1. The number of aliphatic imine (C=N–C) groups is 3. The van der Waals surface area contributed by atoms with Gasteiger partial charge in [-0.1, -0.05) is 205 Å². The number of ketones is 2. The highest BCUT2D eigenvalue weighted by molar-refractivity contribution is 6.22. The van der Waals surface area contributed by atoms with Crippen LogP contribution >= 0.6 is 0 Å². The van der Waals surface area contributed by atoms with Gasteiger partial charge in [-0.05, 0) is 88.3 Å². The summed E-state index contributed by atoms with van der Waals surface area (Å²) >= 11 is 0. The number of primary amides is 1. The van der Waals surface area contributed by atoms with Gasteiger partial charge in [-0.15, -0.1) is 19.7 Å². The maximum absolute atomic E-state index is 13.5. The molecule has 20 heteroatoms. The van der Waals surface area contributed by atoms with Crippen LogP contribution < -0.4 is 36.8 Å². The first kappa shape index (κ1) is 81.1. The van der Waals surface area contributed by atoms with Gasteiger partial charge in [-0.2, -0.15) is 0 Å². The number of likely N-dealkylation sites (N-methyl/N-ethyl adjacent to an activating group) is 3. The number of carbonyl (C=O) groups is 9. The highest BCUT2D eigenvalue weighted by Crippen LogP contribution is 2.33. The Morgan fingerprint density at radius 2 is 0.718 bits per heavy atom. The number of carboxylic acid groups (broad SMARTS) is 1. The second-order valence-electron chi connectivity index (χ2n) is 27.1. The lowest BCUT2D eigenvalue weighted by molar-refractivity contribution is -0.147. The molecule has 0 aliphatic carbocycles. The van der Waals surface area contributed by atoms with Crippen LogP contribution in [0.3, 0.4) is 0 Å². The van der Waals surface area contributed by atoms with Crippen molar-refractivity contribution in [1.82, 2.24) is 10.6 Å². The van der Waals surface area contributed by atoms with E-state index >= 15 is 0 Å². The number of Topliss-reactive ketones (excluding diaryl/α,β-unsaturated/α-hetero) is 2. The Labute approximate surface area is 606 Å². The summed E-state index contributed by atoms with van der Waals surface area (Å²) in [6, 6.07) is 51.7. The summed E-state index contributed by atoms with van der Waals surface area (Å²) in [6.45, 7) is 25.8. The molecule has 6 amide bonds. The Kier molecular flexibility index (Phi) is 30.6. The number of para-hydroxylation sites is 3. The molecule has 6 aromatic rings. The lowest BCUT2D eigenvalue weighted by Crippen LogP contribution is -2.50. The number of carboxylic acids is 1. The number of aliphatic carboxylic acids is 1. The van der Waals surface area contributed by atoms with Crippen LogP contribution in [-0.2, 0) is 43.2 Å². The topological polar surface area (TPSA) is 297 Å². The van der Waals surface area contributed by atoms with Crippen molar-refractivity contribution < 1.29 is 48.3 Å². The lowest BCUT2D eigenvalue weighted by atomic mass is 9.80. The molecule has 103 heavy (non-hydrogen) atoms. The number of hydrogen-bond acceptors (Lipinski definition) is 13. The van der Waals surface area contributed by atoms with Gasteiger partial charge in [-0.3, -0.25) is 48.1 Å². The van der Waals surface area contributed by atoms with Crippen molar-refractivity contribution in [3.05, 3.63) is 235 Å². The average molecular weight is 1400 g/mol. The smallest absolute Gasteiger partial charge is 0.307 e. The number of benzene rings is 6. The molecule has 0 bridgehead atoms. The molecule has 3 unspecified atom stereocenters. The number of rotatable bonds is 26. The molecule has 9 rings (SSSR count). The van der Waals surface area contributed by atoms with E-state index in [9.17, 15) is 43.2 Å². The highest BCUT2D eigenvalue weighted by Gasteiger charge is 2.39. The molecule has 7 N–H and O–H groups in total. The monoisotopic (exact) mass is 1400 g/mol. The zero-order chi connectivity index (χ0) is 75.8. The van der Waals surface area contributed by atoms with Gasteiger partial charge in [0, 0.05) is 72.3 Å². The Morgan fingerprint density at radius 1 is 0.437 bits per heavy atom. The second-order valence-corrected chi connectivity index (χ2v) is 27.1. The third-order valence-corrected chi connectivity index (χ3v) is 18.1. The molecule has 0 radical (unpaired) electrons. The quantitative estimate of drug-likeness (QED) is 0.0318. The van der Waals surface area contributed by atoms with Crippen LogP contribution in [0.4, 0.5) is 17.1 Å². The summed E-state index contributed by atoms with van der Waals surface area (Å²) in [5.74, 6) is -6.13. The van der Waals surface area contributed by atoms with Crippen LogP contribution in [0, 0.1) is 53.3 Å². The summed E-state index contributed by atoms with van der Waals surface area (Å²) in [4.78, 5) is 131. The van der Waals surface area contributed by atoms with Crippen molar-refractivity contribution in [2.24, 2.45) is 79.7 Å². The molecule has 3 heterocycles. The normalized spacial score (nSPS) is 17.1. The van der Waals surface area contributed by atoms with Gasteiger partial charge in [0.1, 0.15) is 11.6 Å². The lowest BCUT2D eigenvalue weighted by Gasteiger charge is -2.27. The average Bonchev–Trinajstić information content (AvgIpc) is 1.67. The van der Waals surface area contributed by atoms with Crippen molar-refractivity contribution >= 4 is 87.2 Å². The number of nitrogens with two attached hydrogens (primary N) is 2. The minimum absolute atomic E-state index is 0.0640. The number of nitrogens with one attached hydrogen (secondary N) is 2. The van der Waals surface area contributed by atoms with Crippen molar-refractivity contribution in [1.29, 1.82) is 0 Å². The molecule has 542 valence electrons. The van der Waals surface area contributed by atoms with Gasteiger partial charge < -0.3 is 41.9 Å². The van der Waals surface area contributed by atoms with Gasteiger partial charge >= 0.3 is 5.97 Å². The van der Waals surface area contributed by atoms with Crippen LogP contribution in [0.2, 0.25) is 0 Å². The van der Waals surface area contributed by atoms with Gasteiger partial charge in [0.25, 0.3) is 17.7 Å². The van der Waals surface area contributed by atoms with E-state index in [1.54, 1.807) is 44.3 Å². The zero-order valence-corrected chi connectivity index (χ0v) is 61.1. The predicted molar refractivity (Wildman–Crippen MR) is 410 cm³/mol. The fraction of sp³-hybridized carbons (Fsp3) is 0.349. The minimum Gasteiger partial charge on any atom is -0.481 e. The van der Waals surface area contributed by atoms with Gasteiger partial charge in [0.2, 0.25) is 30.1 Å².